The zero-order valence-corrected chi connectivity index (χ0v) is 15.9. The lowest BCUT2D eigenvalue weighted by atomic mass is 10.2. The smallest absolute Gasteiger partial charge is 0.319 e. The number of carbonyl (C=O) groups is 1. The predicted molar refractivity (Wildman–Crippen MR) is 108 cm³/mol. The molecule has 0 aromatic heterocycles. The molecule has 0 unspecified atom stereocenters. The molecule has 0 heterocycles. The van der Waals surface area contributed by atoms with Crippen LogP contribution in [0.25, 0.3) is 0 Å². The molecule has 0 spiro atoms. The summed E-state index contributed by atoms with van der Waals surface area (Å²) in [6.07, 6.45) is 2.13. The molecule has 2 aromatic rings. The van der Waals surface area contributed by atoms with Crippen molar-refractivity contribution < 1.29 is 14.3 Å². The molecule has 0 bridgehead atoms. The first-order chi connectivity index (χ1) is 13.2. The molecule has 5 nitrogen and oxygen atoms in total. The molecule has 0 saturated heterocycles. The Morgan fingerprint density at radius 1 is 1.04 bits per heavy atom. The molecule has 0 fully saturated rings. The van der Waals surface area contributed by atoms with Crippen molar-refractivity contribution in [3.05, 3.63) is 54.1 Å². The van der Waals surface area contributed by atoms with E-state index in [0.717, 1.165) is 29.9 Å². The molecule has 0 saturated carbocycles. The van der Waals surface area contributed by atoms with Gasteiger partial charge in [-0.05, 0) is 49.2 Å². The summed E-state index contributed by atoms with van der Waals surface area (Å²) in [5, 5.41) is 5.44. The summed E-state index contributed by atoms with van der Waals surface area (Å²) in [7, 11) is 0. The lowest BCUT2D eigenvalue weighted by molar-refractivity contribution is 0.253. The first-order valence-electron chi connectivity index (χ1n) is 9.11. The highest BCUT2D eigenvalue weighted by atomic mass is 16.5. The Kier molecular flexibility index (Phi) is 8.58. The number of urea groups is 1. The lowest BCUT2D eigenvalue weighted by Crippen LogP contribution is -2.28. The van der Waals surface area contributed by atoms with Crippen molar-refractivity contribution in [2.75, 3.05) is 25.1 Å². The number of unbranched alkanes of at least 4 members (excludes halogenated alkanes) is 1. The van der Waals surface area contributed by atoms with Gasteiger partial charge in [0.2, 0.25) is 0 Å². The maximum atomic E-state index is 11.9. The number of benzene rings is 2. The van der Waals surface area contributed by atoms with Gasteiger partial charge in [0.05, 0.1) is 13.2 Å². The summed E-state index contributed by atoms with van der Waals surface area (Å²) in [6, 6.07) is 14.8. The average Bonchev–Trinajstić information content (AvgIpc) is 2.67. The number of carbonyl (C=O) groups excluding carboxylic acids is 1. The van der Waals surface area contributed by atoms with Crippen LogP contribution in [0.4, 0.5) is 10.5 Å². The fourth-order valence-electron chi connectivity index (χ4n) is 2.21. The Morgan fingerprint density at radius 3 is 2.56 bits per heavy atom. The number of aryl methyl sites for hydroxylation is 1. The van der Waals surface area contributed by atoms with Crippen molar-refractivity contribution in [3.63, 3.8) is 0 Å². The standard InChI is InChI=1S/C22H26N2O3/c1-3-4-16-26-20-13-11-19(12-14-20)24-22(25)23-15-7-8-17-27-21-10-6-5-9-18(21)2/h5-6,9-14H,3-4,15-17H2,1-2H3,(H2,23,24,25). The molecule has 0 aliphatic carbocycles. The normalized spacial score (nSPS) is 9.70. The Bertz CT molecular complexity index is 776. The second kappa shape index (κ2) is 11.5. The number of rotatable bonds is 8. The number of hydrogen-bond acceptors (Lipinski definition) is 3. The Labute approximate surface area is 161 Å². The largest absolute Gasteiger partial charge is 0.494 e. The van der Waals surface area contributed by atoms with Gasteiger partial charge in [-0.25, -0.2) is 4.79 Å². The summed E-state index contributed by atoms with van der Waals surface area (Å²) < 4.78 is 11.2. The topological polar surface area (TPSA) is 59.6 Å². The van der Waals surface area contributed by atoms with E-state index in [1.54, 1.807) is 0 Å². The molecule has 2 N–H and O–H groups in total. The predicted octanol–water partition coefficient (Wildman–Crippen LogP) is 4.38. The molecule has 27 heavy (non-hydrogen) atoms. The zero-order valence-electron chi connectivity index (χ0n) is 15.9. The minimum atomic E-state index is -0.302. The molecule has 2 aromatic carbocycles. The maximum absolute atomic E-state index is 11.9. The molecule has 0 radical (unpaired) electrons. The molecule has 0 atom stereocenters. The number of hydrogen-bond donors (Lipinski definition) is 2. The summed E-state index contributed by atoms with van der Waals surface area (Å²) in [4.78, 5) is 11.9. The highest BCUT2D eigenvalue weighted by Gasteiger charge is 2.01. The van der Waals surface area contributed by atoms with Gasteiger partial charge in [0.1, 0.15) is 18.1 Å². The van der Waals surface area contributed by atoms with Crippen LogP contribution >= 0.6 is 0 Å². The van der Waals surface area contributed by atoms with Crippen LogP contribution < -0.4 is 20.1 Å². The number of para-hydroxylation sites is 1. The molecule has 2 amide bonds. The van der Waals surface area contributed by atoms with Crippen LogP contribution in [0.2, 0.25) is 0 Å². The van der Waals surface area contributed by atoms with Crippen LogP contribution in [-0.2, 0) is 0 Å². The molecular weight excluding hydrogens is 340 g/mol. The van der Waals surface area contributed by atoms with Gasteiger partial charge in [0, 0.05) is 5.69 Å². The van der Waals surface area contributed by atoms with Gasteiger partial charge in [0.25, 0.3) is 0 Å². The van der Waals surface area contributed by atoms with Gasteiger partial charge in [-0.3, -0.25) is 0 Å². The lowest BCUT2D eigenvalue weighted by Gasteiger charge is -2.08. The number of nitrogens with one attached hydrogen (secondary N) is 2. The van der Waals surface area contributed by atoms with Gasteiger partial charge in [-0.15, -0.1) is 0 Å². The SMILES string of the molecule is CCCCOc1ccc(NC(=O)NCC#CCOc2ccccc2C)cc1. The van der Waals surface area contributed by atoms with E-state index in [1.165, 1.54) is 0 Å². The Hall–Kier alpha value is -3.13. The minimum absolute atomic E-state index is 0.251. The van der Waals surface area contributed by atoms with Gasteiger partial charge < -0.3 is 20.1 Å². The number of amides is 2. The van der Waals surface area contributed by atoms with Gasteiger partial charge in [-0.2, -0.15) is 0 Å². The fraction of sp³-hybridized carbons (Fsp3) is 0.318. The highest BCUT2D eigenvalue weighted by molar-refractivity contribution is 5.89. The van der Waals surface area contributed by atoms with Gasteiger partial charge in [-0.1, -0.05) is 43.4 Å². The third kappa shape index (κ3) is 7.74. The second-order valence-electron chi connectivity index (χ2n) is 5.94. The maximum Gasteiger partial charge on any atom is 0.319 e. The highest BCUT2D eigenvalue weighted by Crippen LogP contribution is 2.16. The summed E-state index contributed by atoms with van der Waals surface area (Å²) in [5.74, 6) is 7.36. The molecule has 0 aliphatic heterocycles. The van der Waals surface area contributed by atoms with Crippen LogP contribution in [0.15, 0.2) is 48.5 Å². The van der Waals surface area contributed by atoms with Crippen molar-refractivity contribution in [2.45, 2.75) is 26.7 Å². The first-order valence-corrected chi connectivity index (χ1v) is 9.11. The molecule has 142 valence electrons. The van der Waals surface area contributed by atoms with Gasteiger partial charge >= 0.3 is 6.03 Å². The first kappa shape index (κ1) is 20.2. The van der Waals surface area contributed by atoms with Crippen molar-refractivity contribution >= 4 is 11.7 Å². The van der Waals surface area contributed by atoms with Crippen LogP contribution in [0.5, 0.6) is 11.5 Å². The minimum Gasteiger partial charge on any atom is -0.494 e. The van der Waals surface area contributed by atoms with E-state index in [1.807, 2.05) is 55.5 Å². The van der Waals surface area contributed by atoms with E-state index >= 15 is 0 Å². The van der Waals surface area contributed by atoms with Crippen molar-refractivity contribution in [3.8, 4) is 23.3 Å². The van der Waals surface area contributed by atoms with Crippen molar-refractivity contribution in [1.82, 2.24) is 5.32 Å². The molecular formula is C22H26N2O3. The van der Waals surface area contributed by atoms with E-state index < -0.39 is 0 Å². The molecule has 0 aliphatic rings. The van der Waals surface area contributed by atoms with Gasteiger partial charge in [0.15, 0.2) is 0 Å². The zero-order chi connectivity index (χ0) is 19.3. The molecule has 5 heteroatoms. The Morgan fingerprint density at radius 2 is 1.81 bits per heavy atom. The van der Waals surface area contributed by atoms with E-state index in [4.69, 9.17) is 9.47 Å². The third-order valence-corrected chi connectivity index (χ3v) is 3.73. The number of anilines is 1. The van der Waals surface area contributed by atoms with Crippen LogP contribution in [0, 0.1) is 18.8 Å². The monoisotopic (exact) mass is 366 g/mol. The van der Waals surface area contributed by atoms with E-state index in [0.29, 0.717) is 12.3 Å². The second-order valence-corrected chi connectivity index (χ2v) is 5.94. The fourth-order valence-corrected chi connectivity index (χ4v) is 2.21. The van der Waals surface area contributed by atoms with E-state index in [-0.39, 0.29) is 19.2 Å². The van der Waals surface area contributed by atoms with Crippen LogP contribution in [0.1, 0.15) is 25.3 Å². The quantitative estimate of drug-likeness (QED) is 0.538. The summed E-state index contributed by atoms with van der Waals surface area (Å²) in [5.41, 5.74) is 1.77. The summed E-state index contributed by atoms with van der Waals surface area (Å²) >= 11 is 0. The van der Waals surface area contributed by atoms with Crippen molar-refractivity contribution in [1.29, 1.82) is 0 Å². The average molecular weight is 366 g/mol. The summed E-state index contributed by atoms with van der Waals surface area (Å²) in [6.45, 7) is 5.35. The Balaban J connectivity index is 1.65. The van der Waals surface area contributed by atoms with Crippen molar-refractivity contribution in [2.24, 2.45) is 0 Å². The van der Waals surface area contributed by atoms with Crippen LogP contribution in [0.3, 0.4) is 0 Å². The van der Waals surface area contributed by atoms with E-state index in [2.05, 4.69) is 29.4 Å². The molecule has 2 rings (SSSR count). The third-order valence-electron chi connectivity index (χ3n) is 3.73. The van der Waals surface area contributed by atoms with Crippen LogP contribution in [-0.4, -0.2) is 25.8 Å². The number of ether oxygens (including phenoxy) is 2. The van der Waals surface area contributed by atoms with E-state index in [9.17, 15) is 4.79 Å².